The van der Waals surface area contributed by atoms with Crippen LogP contribution in [0.4, 0.5) is 5.69 Å². The third-order valence-electron chi connectivity index (χ3n) is 1.57. The second-order valence-corrected chi connectivity index (χ2v) is 2.61. The molecule has 1 rings (SSSR count). The Morgan fingerprint density at radius 1 is 1.33 bits per heavy atom. The fraction of sp³-hybridized carbons (Fsp3) is 0. The van der Waals surface area contributed by atoms with Crippen molar-refractivity contribution in [2.45, 2.75) is 0 Å². The fourth-order valence-electron chi connectivity index (χ4n) is 0.919. The molecular weight excluding hydrogens is 200 g/mol. The molecule has 0 bridgehead atoms. The van der Waals surface area contributed by atoms with Gasteiger partial charge in [-0.1, -0.05) is 0 Å². The van der Waals surface area contributed by atoms with Crippen LogP contribution in [0.25, 0.3) is 0 Å². The summed E-state index contributed by atoms with van der Waals surface area (Å²) in [6.45, 7) is 0. The Labute approximate surface area is 84.8 Å². The molecular formula is C9H7N2O4-. The minimum absolute atomic E-state index is 0.116. The zero-order valence-electron chi connectivity index (χ0n) is 7.51. The molecule has 0 unspecified atom stereocenters. The van der Waals surface area contributed by atoms with Gasteiger partial charge < -0.3 is 20.8 Å². The fourth-order valence-corrected chi connectivity index (χ4v) is 0.919. The Morgan fingerprint density at radius 3 is 2.40 bits per heavy atom. The van der Waals surface area contributed by atoms with E-state index < -0.39 is 11.9 Å². The largest absolute Gasteiger partial charge is 0.792 e. The maximum atomic E-state index is 10.9. The van der Waals surface area contributed by atoms with E-state index in [1.165, 1.54) is 24.3 Å². The Morgan fingerprint density at radius 2 is 1.93 bits per heavy atom. The van der Waals surface area contributed by atoms with Crippen molar-refractivity contribution < 1.29 is 14.7 Å². The van der Waals surface area contributed by atoms with Crippen molar-refractivity contribution in [3.05, 3.63) is 35.0 Å². The molecule has 15 heavy (non-hydrogen) atoms. The molecule has 0 heterocycles. The molecule has 6 heteroatoms. The molecule has 0 aliphatic carbocycles. The van der Waals surface area contributed by atoms with Gasteiger partial charge in [0.05, 0.1) is 11.8 Å². The molecule has 2 N–H and O–H groups in total. The van der Waals surface area contributed by atoms with E-state index in [0.717, 1.165) is 0 Å². The number of nitrogens with one attached hydrogen (secondary N) is 1. The van der Waals surface area contributed by atoms with Gasteiger partial charge in [0.25, 0.3) is 5.91 Å². The van der Waals surface area contributed by atoms with Crippen molar-refractivity contribution in [2.24, 2.45) is 5.16 Å². The summed E-state index contributed by atoms with van der Waals surface area (Å²) < 4.78 is 0. The van der Waals surface area contributed by atoms with E-state index in [1.54, 1.807) is 0 Å². The Hall–Kier alpha value is -2.37. The minimum Gasteiger partial charge on any atom is -0.792 e. The summed E-state index contributed by atoms with van der Waals surface area (Å²) in [5.41, 5.74) is 0.510. The smallest absolute Gasteiger partial charge is 0.335 e. The standard InChI is InChI=1S/C9H8N2O4/c12-8(5-10-15)11-7-3-1-6(2-4-7)9(13)14/h1-5,15H,(H,11,12)(H,13,14)/p-1/b10-5-. The molecule has 0 radical (unpaired) electrons. The molecule has 0 saturated carbocycles. The lowest BCUT2D eigenvalue weighted by molar-refractivity contribution is -0.109. The number of hydrogen-bond acceptors (Lipinski definition) is 4. The van der Waals surface area contributed by atoms with Gasteiger partial charge in [0, 0.05) is 5.69 Å². The molecule has 0 fully saturated rings. The average Bonchev–Trinajstić information content (AvgIpc) is 2.18. The highest BCUT2D eigenvalue weighted by molar-refractivity contribution is 6.31. The normalized spacial score (nSPS) is 10.1. The van der Waals surface area contributed by atoms with Crippen molar-refractivity contribution in [1.29, 1.82) is 0 Å². The van der Waals surface area contributed by atoms with Gasteiger partial charge >= 0.3 is 5.97 Å². The zero-order valence-corrected chi connectivity index (χ0v) is 7.51. The molecule has 0 spiro atoms. The zero-order chi connectivity index (χ0) is 11.3. The maximum absolute atomic E-state index is 10.9. The summed E-state index contributed by atoms with van der Waals surface area (Å²) in [5.74, 6) is -1.71. The number of benzene rings is 1. The third-order valence-corrected chi connectivity index (χ3v) is 1.57. The summed E-state index contributed by atoms with van der Waals surface area (Å²) in [4.78, 5) is 21.3. The molecule has 1 amide bonds. The van der Waals surface area contributed by atoms with E-state index in [4.69, 9.17) is 5.11 Å². The van der Waals surface area contributed by atoms with Crippen molar-refractivity contribution in [2.75, 3.05) is 5.32 Å². The first kappa shape index (κ1) is 10.7. The molecule has 0 saturated heterocycles. The molecule has 1 aromatic carbocycles. The number of aromatic carboxylic acids is 1. The van der Waals surface area contributed by atoms with Crippen molar-refractivity contribution in [1.82, 2.24) is 0 Å². The van der Waals surface area contributed by atoms with E-state index in [1.807, 2.05) is 0 Å². The van der Waals surface area contributed by atoms with Crippen LogP contribution >= 0.6 is 0 Å². The van der Waals surface area contributed by atoms with Gasteiger partial charge in [0.2, 0.25) is 0 Å². The quantitative estimate of drug-likeness (QED) is 0.567. The molecule has 78 valence electrons. The van der Waals surface area contributed by atoms with Gasteiger partial charge in [-0.05, 0) is 24.3 Å². The van der Waals surface area contributed by atoms with Crippen LogP contribution in [0.15, 0.2) is 29.4 Å². The first-order valence-electron chi connectivity index (χ1n) is 3.93. The lowest BCUT2D eigenvalue weighted by atomic mass is 10.2. The van der Waals surface area contributed by atoms with Gasteiger partial charge in [-0.15, -0.1) is 0 Å². The van der Waals surface area contributed by atoms with Crippen LogP contribution in [0.5, 0.6) is 0 Å². The topological polar surface area (TPSA) is 102 Å². The summed E-state index contributed by atoms with van der Waals surface area (Å²) in [6.07, 6.45) is 0.588. The average molecular weight is 207 g/mol. The van der Waals surface area contributed by atoms with Gasteiger partial charge in [-0.2, -0.15) is 0 Å². The van der Waals surface area contributed by atoms with Gasteiger partial charge in [0.15, 0.2) is 0 Å². The summed E-state index contributed by atoms with van der Waals surface area (Å²) in [5, 5.41) is 22.9. The van der Waals surface area contributed by atoms with Crippen LogP contribution in [0.1, 0.15) is 10.4 Å². The molecule has 0 aliphatic rings. The number of nitrogens with zero attached hydrogens (tertiary/aromatic N) is 1. The van der Waals surface area contributed by atoms with Crippen LogP contribution in [0.3, 0.4) is 0 Å². The number of carboxylic acids is 1. The molecule has 0 atom stereocenters. The van der Waals surface area contributed by atoms with Crippen LogP contribution < -0.4 is 5.32 Å². The van der Waals surface area contributed by atoms with E-state index >= 15 is 0 Å². The number of hydrogen-bond donors (Lipinski definition) is 2. The summed E-state index contributed by atoms with van der Waals surface area (Å²) >= 11 is 0. The predicted molar refractivity (Wildman–Crippen MR) is 53.9 cm³/mol. The Bertz CT molecular complexity index is 397. The van der Waals surface area contributed by atoms with Crippen LogP contribution in [0.2, 0.25) is 0 Å². The number of amides is 1. The Kier molecular flexibility index (Phi) is 3.39. The van der Waals surface area contributed by atoms with Gasteiger partial charge in [-0.25, -0.2) is 4.79 Å². The molecule has 1 aromatic rings. The number of carboxylic acid groups (broad SMARTS) is 1. The lowest BCUT2D eigenvalue weighted by Crippen LogP contribution is -2.12. The SMILES string of the molecule is O=C(/C=N\[O-])Nc1ccc(C(=O)O)cc1. The van der Waals surface area contributed by atoms with Crippen LogP contribution in [-0.4, -0.2) is 23.2 Å². The van der Waals surface area contributed by atoms with Crippen LogP contribution in [0, 0.1) is 5.21 Å². The minimum atomic E-state index is -1.05. The summed E-state index contributed by atoms with van der Waals surface area (Å²) in [7, 11) is 0. The predicted octanol–water partition coefficient (Wildman–Crippen LogP) is 0.892. The maximum Gasteiger partial charge on any atom is 0.335 e. The van der Waals surface area contributed by atoms with Crippen molar-refractivity contribution in [3.63, 3.8) is 0 Å². The molecule has 0 aliphatic heterocycles. The molecule has 0 aromatic heterocycles. The van der Waals surface area contributed by atoms with E-state index in [0.29, 0.717) is 11.9 Å². The lowest BCUT2D eigenvalue weighted by Gasteiger charge is -2.02. The number of rotatable bonds is 3. The van der Waals surface area contributed by atoms with Gasteiger partial charge in [0.1, 0.15) is 0 Å². The summed E-state index contributed by atoms with van der Waals surface area (Å²) in [6, 6.07) is 5.51. The third kappa shape index (κ3) is 3.11. The Balaban J connectivity index is 2.72. The van der Waals surface area contributed by atoms with E-state index in [9.17, 15) is 14.8 Å². The highest BCUT2D eigenvalue weighted by Crippen LogP contribution is 2.08. The van der Waals surface area contributed by atoms with E-state index in [-0.39, 0.29) is 5.56 Å². The van der Waals surface area contributed by atoms with Gasteiger partial charge in [-0.3, -0.25) is 4.79 Å². The second kappa shape index (κ2) is 4.75. The van der Waals surface area contributed by atoms with E-state index in [2.05, 4.69) is 10.5 Å². The number of anilines is 1. The van der Waals surface area contributed by atoms with Crippen LogP contribution in [-0.2, 0) is 4.79 Å². The second-order valence-electron chi connectivity index (χ2n) is 2.61. The highest BCUT2D eigenvalue weighted by Gasteiger charge is 2.02. The highest BCUT2D eigenvalue weighted by atomic mass is 16.4. The molecule has 6 nitrogen and oxygen atoms in total. The first-order valence-corrected chi connectivity index (χ1v) is 3.93. The number of carbonyl (C=O) groups is 2. The number of carbonyl (C=O) groups excluding carboxylic acids is 1. The van der Waals surface area contributed by atoms with Crippen molar-refractivity contribution in [3.8, 4) is 0 Å². The van der Waals surface area contributed by atoms with Crippen molar-refractivity contribution >= 4 is 23.8 Å². The monoisotopic (exact) mass is 207 g/mol. The first-order chi connectivity index (χ1) is 7.13.